The molecule has 0 atom stereocenters. The summed E-state index contributed by atoms with van der Waals surface area (Å²) >= 11 is 7.05. The first-order valence-corrected chi connectivity index (χ1v) is 14.7. The highest BCUT2D eigenvalue weighted by Crippen LogP contribution is 2.35. The normalized spacial score (nSPS) is 15.1. The Morgan fingerprint density at radius 1 is 1.17 bits per heavy atom. The molecule has 0 saturated carbocycles. The molecule has 1 fully saturated rings. The molecule has 13 heteroatoms. The van der Waals surface area contributed by atoms with Gasteiger partial charge in [-0.15, -0.1) is 0 Å². The Kier molecular flexibility index (Phi) is 8.47. The number of hydrogen-bond donors (Lipinski definition) is 1. The van der Waals surface area contributed by atoms with Crippen LogP contribution in [0.4, 0.5) is 15.0 Å². The number of ether oxygens (including phenoxy) is 2. The lowest BCUT2D eigenvalue weighted by Gasteiger charge is -2.40. The molecule has 0 radical (unpaired) electrons. The third kappa shape index (κ3) is 6.87. The number of nitrogens with zero attached hydrogens (tertiary/aromatic N) is 6. The van der Waals surface area contributed by atoms with Gasteiger partial charge in [0, 0.05) is 24.8 Å². The van der Waals surface area contributed by atoms with Crippen LogP contribution in [0.1, 0.15) is 46.1 Å². The third-order valence-corrected chi connectivity index (χ3v) is 8.17. The molecule has 0 bridgehead atoms. The van der Waals surface area contributed by atoms with Crippen molar-refractivity contribution < 1.29 is 18.7 Å². The fraction of sp³-hybridized carbons (Fsp3) is 0.414. The van der Waals surface area contributed by atoms with Gasteiger partial charge in [0.05, 0.1) is 24.7 Å². The standard InChI is InChI=1S/C29H33ClFN7O3S/c1-28(2,3)41-27(39)35-29(4)11-14-37(15-12-29)21-16-33-23-25(34-21)38(17-18-6-8-19(40-5)9-7-18)36-26(23)42-20-10-13-32-24(30)22(20)31/h6-10,13,16H,11-12,14-15,17H2,1-5H3,(H,35,39). The average molecular weight is 614 g/mol. The van der Waals surface area contributed by atoms with Gasteiger partial charge in [0.2, 0.25) is 0 Å². The zero-order valence-corrected chi connectivity index (χ0v) is 25.7. The summed E-state index contributed by atoms with van der Waals surface area (Å²) in [6.45, 7) is 9.33. The van der Waals surface area contributed by atoms with E-state index in [-0.39, 0.29) is 5.15 Å². The van der Waals surface area contributed by atoms with E-state index in [2.05, 4.69) is 15.2 Å². The molecular weight excluding hydrogens is 581 g/mol. The lowest BCUT2D eigenvalue weighted by atomic mass is 9.90. The number of piperidine rings is 1. The number of halogens is 2. The molecule has 4 aromatic rings. The van der Waals surface area contributed by atoms with Crippen molar-refractivity contribution >= 4 is 46.4 Å². The zero-order chi connectivity index (χ0) is 30.1. The summed E-state index contributed by atoms with van der Waals surface area (Å²) in [7, 11) is 1.62. The number of aromatic nitrogens is 5. The molecule has 0 aliphatic carbocycles. The maximum Gasteiger partial charge on any atom is 0.408 e. The molecule has 0 spiro atoms. The van der Waals surface area contributed by atoms with Gasteiger partial charge in [-0.1, -0.05) is 35.5 Å². The molecule has 5 rings (SSSR count). The molecule has 42 heavy (non-hydrogen) atoms. The highest BCUT2D eigenvalue weighted by molar-refractivity contribution is 7.99. The predicted octanol–water partition coefficient (Wildman–Crippen LogP) is 6.11. The Morgan fingerprint density at radius 2 is 1.88 bits per heavy atom. The highest BCUT2D eigenvalue weighted by Gasteiger charge is 2.34. The van der Waals surface area contributed by atoms with Crippen molar-refractivity contribution in [3.8, 4) is 5.75 Å². The fourth-order valence-electron chi connectivity index (χ4n) is 4.63. The third-order valence-electron chi connectivity index (χ3n) is 6.90. The van der Waals surface area contributed by atoms with Gasteiger partial charge in [0.25, 0.3) is 0 Å². The number of carbonyl (C=O) groups excluding carboxylic acids is 1. The van der Waals surface area contributed by atoms with Crippen LogP contribution < -0.4 is 15.0 Å². The molecule has 1 aliphatic rings. The van der Waals surface area contributed by atoms with Crippen molar-refractivity contribution in [2.24, 2.45) is 0 Å². The van der Waals surface area contributed by atoms with Crippen LogP contribution in [-0.2, 0) is 11.3 Å². The lowest BCUT2D eigenvalue weighted by molar-refractivity contribution is 0.0448. The molecule has 0 unspecified atom stereocenters. The Hall–Kier alpha value is -3.64. The minimum Gasteiger partial charge on any atom is -0.497 e. The van der Waals surface area contributed by atoms with E-state index < -0.39 is 23.1 Å². The molecule has 222 valence electrons. The number of carbonyl (C=O) groups is 1. The van der Waals surface area contributed by atoms with E-state index in [0.717, 1.165) is 23.1 Å². The summed E-state index contributed by atoms with van der Waals surface area (Å²) in [4.78, 5) is 28.3. The Morgan fingerprint density at radius 3 is 2.55 bits per heavy atom. The number of hydrogen-bond acceptors (Lipinski definition) is 9. The van der Waals surface area contributed by atoms with E-state index >= 15 is 0 Å². The molecule has 4 heterocycles. The van der Waals surface area contributed by atoms with Crippen molar-refractivity contribution in [1.82, 2.24) is 30.0 Å². The summed E-state index contributed by atoms with van der Waals surface area (Å²) in [6.07, 6.45) is 4.17. The predicted molar refractivity (Wildman–Crippen MR) is 160 cm³/mol. The number of alkyl carbamates (subject to hydrolysis) is 1. The van der Waals surface area contributed by atoms with Crippen LogP contribution in [0.15, 0.2) is 52.6 Å². The van der Waals surface area contributed by atoms with Gasteiger partial charge >= 0.3 is 6.09 Å². The van der Waals surface area contributed by atoms with Gasteiger partial charge in [-0.05, 0) is 64.3 Å². The highest BCUT2D eigenvalue weighted by atomic mass is 35.5. The maximum atomic E-state index is 14.7. The van der Waals surface area contributed by atoms with Crippen LogP contribution in [0.2, 0.25) is 5.15 Å². The molecule has 10 nitrogen and oxygen atoms in total. The lowest BCUT2D eigenvalue weighted by Crippen LogP contribution is -2.54. The second-order valence-corrected chi connectivity index (χ2v) is 12.8. The van der Waals surface area contributed by atoms with Crippen molar-refractivity contribution in [1.29, 1.82) is 0 Å². The van der Waals surface area contributed by atoms with Crippen LogP contribution in [0.25, 0.3) is 11.2 Å². The summed E-state index contributed by atoms with van der Waals surface area (Å²) in [6, 6.07) is 9.25. The van der Waals surface area contributed by atoms with Crippen LogP contribution in [0, 0.1) is 5.82 Å². The Labute approximate surface area is 253 Å². The van der Waals surface area contributed by atoms with E-state index in [1.165, 1.54) is 6.20 Å². The number of pyridine rings is 1. The number of methoxy groups -OCH3 is 1. The Balaban J connectivity index is 1.41. The zero-order valence-electron chi connectivity index (χ0n) is 24.1. The van der Waals surface area contributed by atoms with Crippen molar-refractivity contribution in [3.63, 3.8) is 0 Å². The SMILES string of the molecule is COc1ccc(Cn2nc(Sc3ccnc(Cl)c3F)c3ncc(N4CCC(C)(NC(=O)OC(C)(C)C)CC4)nc32)cc1. The van der Waals surface area contributed by atoms with Crippen LogP contribution in [0.5, 0.6) is 5.75 Å². The van der Waals surface area contributed by atoms with Gasteiger partial charge in [-0.25, -0.2) is 28.8 Å². The molecule has 1 saturated heterocycles. The summed E-state index contributed by atoms with van der Waals surface area (Å²) in [5, 5.41) is 8.12. The first kappa shape index (κ1) is 29.8. The second kappa shape index (κ2) is 11.9. The molecule has 1 aromatic carbocycles. The quantitative estimate of drug-likeness (QED) is 0.247. The second-order valence-electron chi connectivity index (χ2n) is 11.4. The summed E-state index contributed by atoms with van der Waals surface area (Å²) in [5.41, 5.74) is 1.16. The molecule has 1 N–H and O–H groups in total. The van der Waals surface area contributed by atoms with E-state index in [1.807, 2.05) is 52.0 Å². The number of benzene rings is 1. The van der Waals surface area contributed by atoms with Crippen molar-refractivity contribution in [2.45, 2.75) is 68.1 Å². The molecule has 3 aromatic heterocycles. The molecule has 1 aliphatic heterocycles. The van der Waals surface area contributed by atoms with Gasteiger partial charge in [-0.2, -0.15) is 5.10 Å². The van der Waals surface area contributed by atoms with Gasteiger partial charge in [-0.3, -0.25) is 0 Å². The Bertz CT molecular complexity index is 1580. The van der Waals surface area contributed by atoms with Crippen LogP contribution in [-0.4, -0.2) is 62.2 Å². The molecular formula is C29H33ClFN7O3S. The molecule has 1 amide bonds. The van der Waals surface area contributed by atoms with E-state index in [4.69, 9.17) is 36.1 Å². The number of amides is 1. The minimum absolute atomic E-state index is 0.200. The van der Waals surface area contributed by atoms with E-state index in [1.54, 1.807) is 24.1 Å². The number of rotatable bonds is 7. The van der Waals surface area contributed by atoms with Crippen molar-refractivity contribution in [2.75, 3.05) is 25.1 Å². The fourth-order valence-corrected chi connectivity index (χ4v) is 5.75. The first-order valence-electron chi connectivity index (χ1n) is 13.5. The van der Waals surface area contributed by atoms with Crippen LogP contribution >= 0.6 is 23.4 Å². The number of anilines is 1. The topological polar surface area (TPSA) is 107 Å². The van der Waals surface area contributed by atoms with E-state index in [0.29, 0.717) is 59.4 Å². The van der Waals surface area contributed by atoms with E-state index in [9.17, 15) is 9.18 Å². The maximum absolute atomic E-state index is 14.7. The largest absolute Gasteiger partial charge is 0.497 e. The van der Waals surface area contributed by atoms with Gasteiger partial charge in [0.15, 0.2) is 21.6 Å². The summed E-state index contributed by atoms with van der Waals surface area (Å²) < 4.78 is 27.2. The first-order chi connectivity index (χ1) is 19.9. The van der Waals surface area contributed by atoms with Crippen molar-refractivity contribution in [3.05, 3.63) is 59.3 Å². The van der Waals surface area contributed by atoms with Gasteiger partial charge < -0.3 is 19.7 Å². The smallest absolute Gasteiger partial charge is 0.408 e. The average Bonchev–Trinajstić information content (AvgIpc) is 3.26. The number of nitrogens with one attached hydrogen (secondary N) is 1. The minimum atomic E-state index is -0.608. The van der Waals surface area contributed by atoms with Gasteiger partial charge in [0.1, 0.15) is 22.7 Å². The van der Waals surface area contributed by atoms with Crippen LogP contribution in [0.3, 0.4) is 0 Å². The summed E-state index contributed by atoms with van der Waals surface area (Å²) in [5.74, 6) is 0.848. The monoisotopic (exact) mass is 613 g/mol. The number of fused-ring (bicyclic) bond motifs is 1.